The van der Waals surface area contributed by atoms with Crippen molar-refractivity contribution in [1.82, 2.24) is 15.1 Å². The van der Waals surface area contributed by atoms with Gasteiger partial charge in [-0.1, -0.05) is 18.2 Å². The first-order valence-corrected chi connectivity index (χ1v) is 6.87. The Morgan fingerprint density at radius 3 is 2.35 bits per heavy atom. The predicted molar refractivity (Wildman–Crippen MR) is 80.9 cm³/mol. The second-order valence-corrected chi connectivity index (χ2v) is 6.34. The van der Waals surface area contributed by atoms with Crippen LogP contribution in [0.25, 0.3) is 5.69 Å². The molecule has 0 spiro atoms. The van der Waals surface area contributed by atoms with Gasteiger partial charge in [-0.15, -0.1) is 0 Å². The summed E-state index contributed by atoms with van der Waals surface area (Å²) < 4.78 is 1.78. The van der Waals surface area contributed by atoms with E-state index in [4.69, 9.17) is 0 Å². The summed E-state index contributed by atoms with van der Waals surface area (Å²) in [7, 11) is 0. The van der Waals surface area contributed by atoms with Crippen LogP contribution in [0.5, 0.6) is 0 Å². The molecule has 1 aromatic heterocycles. The Morgan fingerprint density at radius 2 is 1.75 bits per heavy atom. The van der Waals surface area contributed by atoms with Crippen molar-refractivity contribution in [2.24, 2.45) is 0 Å². The Labute approximate surface area is 120 Å². The van der Waals surface area contributed by atoms with Crippen molar-refractivity contribution in [3.63, 3.8) is 0 Å². The first-order chi connectivity index (χ1) is 9.30. The molecule has 0 aliphatic heterocycles. The molecule has 2 rings (SSSR count). The Balaban J connectivity index is 2.27. The molecule has 1 unspecified atom stereocenters. The normalized spacial score (nSPS) is 15.1. The highest BCUT2D eigenvalue weighted by Crippen LogP contribution is 2.23. The van der Waals surface area contributed by atoms with Crippen molar-refractivity contribution >= 4 is 0 Å². The minimum absolute atomic E-state index is 0.0401. The van der Waals surface area contributed by atoms with Crippen LogP contribution < -0.4 is 5.32 Å². The molecule has 0 saturated heterocycles. The number of aliphatic hydroxyl groups is 1. The van der Waals surface area contributed by atoms with Gasteiger partial charge in [-0.05, 0) is 45.9 Å². The van der Waals surface area contributed by atoms with E-state index in [1.54, 1.807) is 10.9 Å². The van der Waals surface area contributed by atoms with E-state index in [1.165, 1.54) is 0 Å². The van der Waals surface area contributed by atoms with Crippen LogP contribution in [0.3, 0.4) is 0 Å². The number of nitrogens with zero attached hydrogens (tertiary/aromatic N) is 2. The van der Waals surface area contributed by atoms with Crippen molar-refractivity contribution in [1.29, 1.82) is 0 Å². The lowest BCUT2D eigenvalue weighted by Gasteiger charge is -2.30. The first kappa shape index (κ1) is 14.8. The number of aromatic nitrogens is 2. The fourth-order valence-electron chi connectivity index (χ4n) is 2.01. The predicted octanol–water partition coefficient (Wildman–Crippen LogP) is 2.47. The molecule has 0 aliphatic carbocycles. The quantitative estimate of drug-likeness (QED) is 0.899. The maximum Gasteiger partial charge on any atom is 0.116 e. The van der Waals surface area contributed by atoms with Gasteiger partial charge in [0.1, 0.15) is 5.60 Å². The van der Waals surface area contributed by atoms with E-state index in [2.05, 4.69) is 31.2 Å². The maximum absolute atomic E-state index is 10.8. The number of para-hydroxylation sites is 1. The van der Waals surface area contributed by atoms with Gasteiger partial charge >= 0.3 is 0 Å². The van der Waals surface area contributed by atoms with Crippen LogP contribution in [0.15, 0.2) is 42.6 Å². The molecule has 1 heterocycles. The molecule has 0 radical (unpaired) electrons. The number of benzene rings is 1. The molecule has 0 fully saturated rings. The molecule has 4 heteroatoms. The molecule has 0 aliphatic rings. The minimum Gasteiger partial charge on any atom is -0.383 e. The van der Waals surface area contributed by atoms with E-state index < -0.39 is 5.60 Å². The number of rotatable bonds is 4. The monoisotopic (exact) mass is 273 g/mol. The van der Waals surface area contributed by atoms with Crippen LogP contribution in [-0.4, -0.2) is 27.0 Å². The van der Waals surface area contributed by atoms with Crippen molar-refractivity contribution in [2.75, 3.05) is 6.54 Å². The molecule has 2 aromatic rings. The number of hydrogen-bond donors (Lipinski definition) is 2. The average molecular weight is 273 g/mol. The molecule has 0 amide bonds. The zero-order valence-electron chi connectivity index (χ0n) is 12.6. The molecule has 1 atom stereocenters. The standard InChI is InChI=1S/C16H23N3O/c1-15(2,3)17-12-16(4,20)14-10-11-18-19(14)13-8-6-5-7-9-13/h5-11,17,20H,12H2,1-4H3. The maximum atomic E-state index is 10.8. The van der Waals surface area contributed by atoms with E-state index in [9.17, 15) is 5.11 Å². The molecule has 2 N–H and O–H groups in total. The Morgan fingerprint density at radius 1 is 1.10 bits per heavy atom. The SMILES string of the molecule is CC(C)(C)NCC(C)(O)c1ccnn1-c1ccccc1. The summed E-state index contributed by atoms with van der Waals surface area (Å²) >= 11 is 0. The van der Waals surface area contributed by atoms with Gasteiger partial charge in [0, 0.05) is 18.3 Å². The zero-order chi connectivity index (χ0) is 14.8. The summed E-state index contributed by atoms with van der Waals surface area (Å²) in [4.78, 5) is 0. The number of β-amino-alcohol motifs (C(OH)–C–C–N with tert-alkyl or cyclic N) is 1. The van der Waals surface area contributed by atoms with Gasteiger partial charge in [-0.25, -0.2) is 4.68 Å². The van der Waals surface area contributed by atoms with Crippen LogP contribution in [0.2, 0.25) is 0 Å². The molecule has 108 valence electrons. The average Bonchev–Trinajstić information content (AvgIpc) is 2.87. The molecule has 1 aromatic carbocycles. The molecule has 0 saturated carbocycles. The highest BCUT2D eigenvalue weighted by molar-refractivity contribution is 5.33. The summed E-state index contributed by atoms with van der Waals surface area (Å²) in [6.07, 6.45) is 1.72. The fraction of sp³-hybridized carbons (Fsp3) is 0.438. The highest BCUT2D eigenvalue weighted by atomic mass is 16.3. The van der Waals surface area contributed by atoms with E-state index in [0.29, 0.717) is 6.54 Å². The number of nitrogens with one attached hydrogen (secondary N) is 1. The molecular weight excluding hydrogens is 250 g/mol. The third-order valence-corrected chi connectivity index (χ3v) is 3.16. The minimum atomic E-state index is -0.986. The Hall–Kier alpha value is -1.65. The third kappa shape index (κ3) is 3.46. The second-order valence-electron chi connectivity index (χ2n) is 6.34. The van der Waals surface area contributed by atoms with Crippen molar-refractivity contribution in [3.8, 4) is 5.69 Å². The molecule has 4 nitrogen and oxygen atoms in total. The van der Waals surface area contributed by atoms with E-state index >= 15 is 0 Å². The van der Waals surface area contributed by atoms with Crippen molar-refractivity contribution in [2.45, 2.75) is 38.8 Å². The molecular formula is C16H23N3O. The van der Waals surface area contributed by atoms with Gasteiger partial charge in [-0.2, -0.15) is 5.10 Å². The van der Waals surface area contributed by atoms with Crippen LogP contribution in [0.4, 0.5) is 0 Å². The number of hydrogen-bond acceptors (Lipinski definition) is 3. The van der Waals surface area contributed by atoms with Crippen molar-refractivity contribution < 1.29 is 5.11 Å². The van der Waals surface area contributed by atoms with Gasteiger partial charge in [-0.3, -0.25) is 0 Å². The first-order valence-electron chi connectivity index (χ1n) is 6.87. The second kappa shape index (κ2) is 5.38. The summed E-state index contributed by atoms with van der Waals surface area (Å²) in [6.45, 7) is 8.52. The lowest BCUT2D eigenvalue weighted by Crippen LogP contribution is -2.45. The van der Waals surface area contributed by atoms with Gasteiger partial charge in [0.2, 0.25) is 0 Å². The Kier molecular flexibility index (Phi) is 3.97. The third-order valence-electron chi connectivity index (χ3n) is 3.16. The lowest BCUT2D eigenvalue weighted by molar-refractivity contribution is 0.0434. The van der Waals surface area contributed by atoms with Gasteiger partial charge in [0.25, 0.3) is 0 Å². The van der Waals surface area contributed by atoms with Crippen LogP contribution in [-0.2, 0) is 5.60 Å². The summed E-state index contributed by atoms with van der Waals surface area (Å²) in [6, 6.07) is 11.7. The van der Waals surface area contributed by atoms with E-state index in [1.807, 2.05) is 43.3 Å². The van der Waals surface area contributed by atoms with Crippen molar-refractivity contribution in [3.05, 3.63) is 48.3 Å². The van der Waals surface area contributed by atoms with E-state index in [0.717, 1.165) is 11.4 Å². The molecule has 20 heavy (non-hydrogen) atoms. The summed E-state index contributed by atoms with van der Waals surface area (Å²) in [5.41, 5.74) is 0.699. The van der Waals surface area contributed by atoms with Gasteiger partial charge in [0.05, 0.1) is 11.4 Å². The lowest BCUT2D eigenvalue weighted by atomic mass is 9.99. The van der Waals surface area contributed by atoms with Gasteiger partial charge in [0.15, 0.2) is 0 Å². The van der Waals surface area contributed by atoms with Crippen LogP contribution in [0, 0.1) is 0 Å². The van der Waals surface area contributed by atoms with E-state index in [-0.39, 0.29) is 5.54 Å². The van der Waals surface area contributed by atoms with Crippen LogP contribution in [0.1, 0.15) is 33.4 Å². The van der Waals surface area contributed by atoms with Gasteiger partial charge < -0.3 is 10.4 Å². The Bertz CT molecular complexity index is 553. The topological polar surface area (TPSA) is 50.1 Å². The smallest absolute Gasteiger partial charge is 0.116 e. The fourth-order valence-corrected chi connectivity index (χ4v) is 2.01. The highest BCUT2D eigenvalue weighted by Gasteiger charge is 2.29. The summed E-state index contributed by atoms with van der Waals surface area (Å²) in [5.74, 6) is 0. The zero-order valence-corrected chi connectivity index (χ0v) is 12.6. The summed E-state index contributed by atoms with van der Waals surface area (Å²) in [5, 5.41) is 18.4. The largest absolute Gasteiger partial charge is 0.383 e. The molecule has 0 bridgehead atoms. The van der Waals surface area contributed by atoms with Crippen LogP contribution >= 0.6 is 0 Å².